The molecule has 1 aliphatic heterocycles. The number of fused-ring (bicyclic) bond motifs is 1. The van der Waals surface area contributed by atoms with Crippen molar-refractivity contribution in [1.82, 2.24) is 5.32 Å². The van der Waals surface area contributed by atoms with Crippen LogP contribution in [0.1, 0.15) is 26.7 Å². The summed E-state index contributed by atoms with van der Waals surface area (Å²) in [5, 5.41) is 9.53. The molecule has 1 aromatic carbocycles. The van der Waals surface area contributed by atoms with Crippen LogP contribution in [-0.2, 0) is 14.4 Å². The highest BCUT2D eigenvalue weighted by molar-refractivity contribution is 5.96. The van der Waals surface area contributed by atoms with Crippen molar-refractivity contribution in [1.29, 1.82) is 0 Å². The van der Waals surface area contributed by atoms with E-state index in [-0.39, 0.29) is 18.6 Å². The van der Waals surface area contributed by atoms with Crippen LogP contribution in [-0.4, -0.2) is 36.0 Å². The lowest BCUT2D eigenvalue weighted by Crippen LogP contribution is -2.55. The van der Waals surface area contributed by atoms with Gasteiger partial charge in [0.15, 0.2) is 0 Å². The molecule has 24 heavy (non-hydrogen) atoms. The third kappa shape index (κ3) is 3.06. The van der Waals surface area contributed by atoms with Gasteiger partial charge in [-0.15, -0.1) is 0 Å². The average molecular weight is 331 g/mol. The zero-order valence-corrected chi connectivity index (χ0v) is 13.7. The minimum Gasteiger partial charge on any atom is -0.464 e. The van der Waals surface area contributed by atoms with Gasteiger partial charge in [-0.25, -0.2) is 9.59 Å². The second kappa shape index (κ2) is 6.51. The Kier molecular flexibility index (Phi) is 4.42. The summed E-state index contributed by atoms with van der Waals surface area (Å²) >= 11 is 0. The first-order chi connectivity index (χ1) is 11.5. The molecule has 0 aromatic heterocycles. The van der Waals surface area contributed by atoms with Crippen molar-refractivity contribution in [2.24, 2.45) is 11.1 Å². The molecule has 0 radical (unpaired) electrons. The molecule has 2 N–H and O–H groups in total. The number of urea groups is 1. The van der Waals surface area contributed by atoms with E-state index in [1.165, 1.54) is 0 Å². The summed E-state index contributed by atoms with van der Waals surface area (Å²) in [6, 6.07) is 8.62. The van der Waals surface area contributed by atoms with Crippen molar-refractivity contribution in [3.05, 3.63) is 30.3 Å². The Labute approximate surface area is 140 Å². The smallest absolute Gasteiger partial charge is 0.332 e. The van der Waals surface area contributed by atoms with Gasteiger partial charge in [0, 0.05) is 18.0 Å². The summed E-state index contributed by atoms with van der Waals surface area (Å²) in [4.78, 5) is 30.3. The van der Waals surface area contributed by atoms with Gasteiger partial charge >= 0.3 is 12.0 Å². The van der Waals surface area contributed by atoms with Crippen LogP contribution in [0.3, 0.4) is 0 Å². The van der Waals surface area contributed by atoms with Crippen LogP contribution in [0.5, 0.6) is 0 Å². The molecule has 1 heterocycles. The first-order valence-corrected chi connectivity index (χ1v) is 8.06. The zero-order chi connectivity index (χ0) is 17.2. The van der Waals surface area contributed by atoms with Crippen LogP contribution in [0.15, 0.2) is 35.5 Å². The third-order valence-electron chi connectivity index (χ3n) is 4.49. The van der Waals surface area contributed by atoms with Gasteiger partial charge in [0.1, 0.15) is 11.6 Å². The molecule has 0 spiro atoms. The van der Waals surface area contributed by atoms with E-state index >= 15 is 0 Å². The lowest BCUT2D eigenvalue weighted by atomic mass is 9.94. The predicted octanol–water partition coefficient (Wildman–Crippen LogP) is 2.29. The SMILES string of the molecule is CCOC(=O)[C@@]1(NC(=O)Nc2ccccc2)C[C@@H]2ON=C(C)[C@@H]2C1. The number of amides is 2. The van der Waals surface area contributed by atoms with Crippen molar-refractivity contribution < 1.29 is 19.2 Å². The summed E-state index contributed by atoms with van der Waals surface area (Å²) in [6.07, 6.45) is 0.569. The van der Waals surface area contributed by atoms with Gasteiger partial charge in [0.2, 0.25) is 0 Å². The average Bonchev–Trinajstić information content (AvgIpc) is 3.08. The van der Waals surface area contributed by atoms with Crippen molar-refractivity contribution in [2.75, 3.05) is 11.9 Å². The molecule has 3 atom stereocenters. The maximum absolute atomic E-state index is 12.5. The fourth-order valence-corrected chi connectivity index (χ4v) is 3.31. The third-order valence-corrected chi connectivity index (χ3v) is 4.49. The van der Waals surface area contributed by atoms with E-state index in [1.807, 2.05) is 25.1 Å². The molecule has 2 amide bonds. The lowest BCUT2D eigenvalue weighted by Gasteiger charge is -2.28. The van der Waals surface area contributed by atoms with Gasteiger partial charge in [0.25, 0.3) is 0 Å². The molecule has 0 unspecified atom stereocenters. The Morgan fingerprint density at radius 1 is 1.33 bits per heavy atom. The van der Waals surface area contributed by atoms with Crippen molar-refractivity contribution in [2.45, 2.75) is 38.3 Å². The summed E-state index contributed by atoms with van der Waals surface area (Å²) in [7, 11) is 0. The van der Waals surface area contributed by atoms with Gasteiger partial charge in [-0.3, -0.25) is 0 Å². The fraction of sp³-hybridized carbons (Fsp3) is 0.471. The number of ether oxygens (including phenoxy) is 1. The van der Waals surface area contributed by atoms with Gasteiger partial charge in [-0.05, 0) is 32.4 Å². The molecule has 7 heteroatoms. The molecule has 1 saturated carbocycles. The number of rotatable bonds is 4. The molecule has 1 fully saturated rings. The number of nitrogens with one attached hydrogen (secondary N) is 2. The Balaban J connectivity index is 1.75. The normalized spacial score (nSPS) is 27.7. The topological polar surface area (TPSA) is 89.0 Å². The summed E-state index contributed by atoms with van der Waals surface area (Å²) < 4.78 is 5.20. The Morgan fingerprint density at radius 2 is 2.08 bits per heavy atom. The van der Waals surface area contributed by atoms with E-state index in [1.54, 1.807) is 19.1 Å². The number of benzene rings is 1. The van der Waals surface area contributed by atoms with E-state index in [0.29, 0.717) is 18.5 Å². The van der Waals surface area contributed by atoms with Crippen molar-refractivity contribution in [3.8, 4) is 0 Å². The van der Waals surface area contributed by atoms with E-state index in [0.717, 1.165) is 5.71 Å². The number of para-hydroxylation sites is 1. The quantitative estimate of drug-likeness (QED) is 0.829. The number of esters is 1. The van der Waals surface area contributed by atoms with Crippen molar-refractivity contribution >= 4 is 23.4 Å². The van der Waals surface area contributed by atoms with Crippen LogP contribution >= 0.6 is 0 Å². The van der Waals surface area contributed by atoms with Gasteiger partial charge in [0.05, 0.1) is 12.3 Å². The van der Waals surface area contributed by atoms with Gasteiger partial charge in [-0.1, -0.05) is 23.4 Å². The lowest BCUT2D eigenvalue weighted by molar-refractivity contribution is -0.151. The Morgan fingerprint density at radius 3 is 2.75 bits per heavy atom. The van der Waals surface area contributed by atoms with E-state index in [9.17, 15) is 9.59 Å². The van der Waals surface area contributed by atoms with Gasteiger partial charge in [-0.2, -0.15) is 0 Å². The molecule has 3 rings (SSSR count). The zero-order valence-electron chi connectivity index (χ0n) is 13.7. The summed E-state index contributed by atoms with van der Waals surface area (Å²) in [6.45, 7) is 3.87. The molecule has 7 nitrogen and oxygen atoms in total. The summed E-state index contributed by atoms with van der Waals surface area (Å²) in [5.74, 6) is -0.412. The number of hydrogen-bond donors (Lipinski definition) is 2. The summed E-state index contributed by atoms with van der Waals surface area (Å²) in [5.41, 5.74) is 0.402. The largest absolute Gasteiger partial charge is 0.464 e. The predicted molar refractivity (Wildman–Crippen MR) is 88.7 cm³/mol. The number of hydrogen-bond acceptors (Lipinski definition) is 5. The fourth-order valence-electron chi connectivity index (χ4n) is 3.31. The number of anilines is 1. The van der Waals surface area contributed by atoms with E-state index < -0.39 is 17.5 Å². The van der Waals surface area contributed by atoms with Crippen LogP contribution in [0.2, 0.25) is 0 Å². The minimum atomic E-state index is -1.10. The highest BCUT2D eigenvalue weighted by atomic mass is 16.6. The standard InChI is InChI=1S/C17H21N3O4/c1-3-23-15(21)17(9-13-11(2)20-24-14(13)10-17)19-16(22)18-12-7-5-4-6-8-12/h4-8,13-14H,3,9-10H2,1-2H3,(H2,18,19,22)/t13-,14-,17-/m0/s1. The van der Waals surface area contributed by atoms with E-state index in [2.05, 4.69) is 15.8 Å². The minimum absolute atomic E-state index is 0.0198. The molecule has 0 bridgehead atoms. The molecule has 0 saturated heterocycles. The molecule has 1 aliphatic carbocycles. The molecular weight excluding hydrogens is 310 g/mol. The van der Waals surface area contributed by atoms with Crippen molar-refractivity contribution in [3.63, 3.8) is 0 Å². The number of oxime groups is 1. The second-order valence-electron chi connectivity index (χ2n) is 6.14. The highest BCUT2D eigenvalue weighted by Crippen LogP contribution is 2.41. The molecule has 128 valence electrons. The van der Waals surface area contributed by atoms with Crippen LogP contribution in [0.25, 0.3) is 0 Å². The molecule has 2 aliphatic rings. The second-order valence-corrected chi connectivity index (χ2v) is 6.14. The number of carbonyl (C=O) groups excluding carboxylic acids is 2. The Bertz CT molecular complexity index is 661. The maximum Gasteiger partial charge on any atom is 0.332 e. The highest BCUT2D eigenvalue weighted by Gasteiger charge is 2.56. The molecule has 1 aromatic rings. The number of carbonyl (C=O) groups is 2. The van der Waals surface area contributed by atoms with E-state index in [4.69, 9.17) is 9.57 Å². The Hall–Kier alpha value is -2.57. The maximum atomic E-state index is 12.5. The first-order valence-electron chi connectivity index (χ1n) is 8.06. The van der Waals surface area contributed by atoms with Crippen LogP contribution in [0.4, 0.5) is 10.5 Å². The monoisotopic (exact) mass is 331 g/mol. The molecular formula is C17H21N3O4. The first kappa shape index (κ1) is 16.3. The van der Waals surface area contributed by atoms with Crippen LogP contribution in [0, 0.1) is 5.92 Å². The van der Waals surface area contributed by atoms with Crippen LogP contribution < -0.4 is 10.6 Å². The van der Waals surface area contributed by atoms with Gasteiger partial charge < -0.3 is 20.2 Å². The number of nitrogens with zero attached hydrogens (tertiary/aromatic N) is 1.